The molecular formula is C24H33N5O7S. The van der Waals surface area contributed by atoms with Gasteiger partial charge in [0.15, 0.2) is 0 Å². The lowest BCUT2D eigenvalue weighted by atomic mass is 10.0. The Hall–Kier alpha value is -3.58. The first-order chi connectivity index (χ1) is 17.4. The molecule has 0 spiro atoms. The van der Waals surface area contributed by atoms with Crippen LogP contribution in [-0.4, -0.2) is 74.8 Å². The summed E-state index contributed by atoms with van der Waals surface area (Å²) in [4.78, 5) is 64.2. The first-order valence-corrected chi connectivity index (χ1v) is 12.3. The van der Waals surface area contributed by atoms with Crippen molar-refractivity contribution in [2.75, 3.05) is 5.75 Å². The van der Waals surface area contributed by atoms with E-state index >= 15 is 0 Å². The molecule has 2 rings (SSSR count). The molecule has 1 heterocycles. The van der Waals surface area contributed by atoms with Crippen molar-refractivity contribution in [2.24, 2.45) is 11.7 Å². The SMILES string of the molecule is CC(C)CC(N)C(=O)NC(CS)C(=O)NC(Cc1c[nH]c2ccccc12)C(=O)NC(CC(=O)O)C(=O)O. The lowest BCUT2D eigenvalue weighted by Gasteiger charge is -2.24. The van der Waals surface area contributed by atoms with E-state index in [0.29, 0.717) is 12.0 Å². The van der Waals surface area contributed by atoms with Crippen LogP contribution in [0, 0.1) is 5.92 Å². The molecule has 8 N–H and O–H groups in total. The van der Waals surface area contributed by atoms with Crippen LogP contribution >= 0.6 is 12.6 Å². The fourth-order valence-corrected chi connectivity index (χ4v) is 3.99. The highest BCUT2D eigenvalue weighted by Gasteiger charge is 2.31. The average Bonchev–Trinajstić information content (AvgIpc) is 3.23. The highest BCUT2D eigenvalue weighted by molar-refractivity contribution is 7.80. The smallest absolute Gasteiger partial charge is 0.326 e. The minimum atomic E-state index is -1.71. The van der Waals surface area contributed by atoms with Crippen LogP contribution in [0.4, 0.5) is 0 Å². The molecule has 1 aromatic carbocycles. The van der Waals surface area contributed by atoms with Crippen molar-refractivity contribution in [3.05, 3.63) is 36.0 Å². The number of H-pyrrole nitrogens is 1. The maximum absolute atomic E-state index is 13.1. The molecule has 202 valence electrons. The van der Waals surface area contributed by atoms with Gasteiger partial charge in [0.05, 0.1) is 12.5 Å². The number of aromatic amines is 1. The molecule has 0 aliphatic heterocycles. The lowest BCUT2D eigenvalue weighted by molar-refractivity contribution is -0.147. The predicted octanol–water partition coefficient (Wildman–Crippen LogP) is 0.0273. The molecular weight excluding hydrogens is 502 g/mol. The van der Waals surface area contributed by atoms with Gasteiger partial charge in [0, 0.05) is 29.3 Å². The van der Waals surface area contributed by atoms with Crippen LogP contribution in [0.15, 0.2) is 30.5 Å². The summed E-state index contributed by atoms with van der Waals surface area (Å²) < 4.78 is 0. The third-order valence-electron chi connectivity index (χ3n) is 5.60. The molecule has 4 unspecified atom stereocenters. The summed E-state index contributed by atoms with van der Waals surface area (Å²) in [6.07, 6.45) is 1.17. The third kappa shape index (κ3) is 8.79. The molecule has 0 saturated carbocycles. The van der Waals surface area contributed by atoms with Crippen molar-refractivity contribution in [1.29, 1.82) is 0 Å². The number of thiol groups is 1. The summed E-state index contributed by atoms with van der Waals surface area (Å²) in [5.74, 6) is -5.06. The fourth-order valence-electron chi connectivity index (χ4n) is 3.74. The Kier molecular flexibility index (Phi) is 10.9. The van der Waals surface area contributed by atoms with E-state index in [0.717, 1.165) is 10.9 Å². The highest BCUT2D eigenvalue weighted by Crippen LogP contribution is 2.19. The fraction of sp³-hybridized carbons (Fsp3) is 0.458. The van der Waals surface area contributed by atoms with E-state index in [9.17, 15) is 29.1 Å². The number of carbonyl (C=O) groups is 5. The van der Waals surface area contributed by atoms with Crippen molar-refractivity contribution < 1.29 is 34.2 Å². The summed E-state index contributed by atoms with van der Waals surface area (Å²) in [5, 5.41) is 26.4. The number of aromatic nitrogens is 1. The summed E-state index contributed by atoms with van der Waals surface area (Å²) in [7, 11) is 0. The lowest BCUT2D eigenvalue weighted by Crippen LogP contribution is -2.58. The van der Waals surface area contributed by atoms with Gasteiger partial charge in [0.1, 0.15) is 18.1 Å². The summed E-state index contributed by atoms with van der Waals surface area (Å²) in [5.41, 5.74) is 7.34. The highest BCUT2D eigenvalue weighted by atomic mass is 32.1. The Morgan fingerprint density at radius 2 is 1.54 bits per heavy atom. The zero-order valence-electron chi connectivity index (χ0n) is 20.6. The Morgan fingerprint density at radius 1 is 0.946 bits per heavy atom. The minimum Gasteiger partial charge on any atom is -0.481 e. The quantitative estimate of drug-likeness (QED) is 0.155. The summed E-state index contributed by atoms with van der Waals surface area (Å²) in [6, 6.07) is 2.31. The Balaban J connectivity index is 2.26. The first-order valence-electron chi connectivity index (χ1n) is 11.7. The molecule has 0 fully saturated rings. The third-order valence-corrected chi connectivity index (χ3v) is 5.97. The second kappa shape index (κ2) is 13.7. The molecule has 2 aromatic rings. The van der Waals surface area contributed by atoms with E-state index in [1.54, 1.807) is 12.3 Å². The number of carboxylic acid groups (broad SMARTS) is 2. The molecule has 0 radical (unpaired) electrons. The molecule has 0 aliphatic carbocycles. The molecule has 13 heteroatoms. The monoisotopic (exact) mass is 535 g/mol. The molecule has 3 amide bonds. The average molecular weight is 536 g/mol. The van der Waals surface area contributed by atoms with E-state index in [4.69, 9.17) is 10.8 Å². The van der Waals surface area contributed by atoms with Gasteiger partial charge in [-0.3, -0.25) is 19.2 Å². The van der Waals surface area contributed by atoms with Gasteiger partial charge < -0.3 is 36.9 Å². The largest absolute Gasteiger partial charge is 0.481 e. The number of carboxylic acids is 2. The van der Waals surface area contributed by atoms with E-state index < -0.39 is 60.2 Å². The number of hydrogen-bond acceptors (Lipinski definition) is 7. The Morgan fingerprint density at radius 3 is 2.14 bits per heavy atom. The molecule has 0 bridgehead atoms. The van der Waals surface area contributed by atoms with Gasteiger partial charge in [-0.15, -0.1) is 0 Å². The van der Waals surface area contributed by atoms with Crippen LogP contribution in [-0.2, 0) is 30.4 Å². The molecule has 37 heavy (non-hydrogen) atoms. The standard InChI is InChI=1S/C24H33N5O7S/c1-12(2)7-15(25)21(32)29-19(11-37)23(34)27-17(22(33)28-18(24(35)36)9-20(30)31)8-13-10-26-16-6-4-3-5-14(13)16/h3-6,10,12,15,17-19,26,37H,7-9,11,25H2,1-2H3,(H,27,34)(H,28,33)(H,29,32)(H,30,31)(H,35,36). The summed E-state index contributed by atoms with van der Waals surface area (Å²) >= 11 is 4.13. The number of hydrogen-bond donors (Lipinski definition) is 8. The molecule has 12 nitrogen and oxygen atoms in total. The number of amides is 3. The predicted molar refractivity (Wildman–Crippen MR) is 139 cm³/mol. The van der Waals surface area contributed by atoms with E-state index in [1.165, 1.54) is 0 Å². The van der Waals surface area contributed by atoms with Crippen LogP contribution in [0.2, 0.25) is 0 Å². The van der Waals surface area contributed by atoms with E-state index in [1.807, 2.05) is 32.0 Å². The summed E-state index contributed by atoms with van der Waals surface area (Å²) in [6.45, 7) is 3.80. The van der Waals surface area contributed by atoms with E-state index in [-0.39, 0.29) is 18.1 Å². The van der Waals surface area contributed by atoms with Crippen molar-refractivity contribution in [1.82, 2.24) is 20.9 Å². The van der Waals surface area contributed by atoms with Gasteiger partial charge in [-0.05, 0) is 24.0 Å². The van der Waals surface area contributed by atoms with Crippen molar-refractivity contribution in [3.63, 3.8) is 0 Å². The van der Waals surface area contributed by atoms with Gasteiger partial charge >= 0.3 is 11.9 Å². The zero-order chi connectivity index (χ0) is 27.7. The van der Waals surface area contributed by atoms with Gasteiger partial charge in [-0.25, -0.2) is 4.79 Å². The van der Waals surface area contributed by atoms with Crippen molar-refractivity contribution >= 4 is 53.2 Å². The van der Waals surface area contributed by atoms with Crippen LogP contribution < -0.4 is 21.7 Å². The maximum Gasteiger partial charge on any atom is 0.326 e. The Labute approximate surface area is 219 Å². The van der Waals surface area contributed by atoms with Crippen LogP contribution in [0.25, 0.3) is 10.9 Å². The topological polar surface area (TPSA) is 204 Å². The number of carbonyl (C=O) groups excluding carboxylic acids is 3. The first kappa shape index (κ1) is 29.6. The van der Waals surface area contributed by atoms with Gasteiger partial charge in [0.25, 0.3) is 0 Å². The van der Waals surface area contributed by atoms with Gasteiger partial charge in [-0.2, -0.15) is 12.6 Å². The molecule has 4 atom stereocenters. The minimum absolute atomic E-state index is 0.0406. The number of nitrogens with two attached hydrogens (primary N) is 1. The van der Waals surface area contributed by atoms with Crippen molar-refractivity contribution in [3.8, 4) is 0 Å². The van der Waals surface area contributed by atoms with Crippen LogP contribution in [0.3, 0.4) is 0 Å². The number of benzene rings is 1. The van der Waals surface area contributed by atoms with Crippen LogP contribution in [0.5, 0.6) is 0 Å². The Bertz CT molecular complexity index is 1140. The maximum atomic E-state index is 13.1. The molecule has 1 aromatic heterocycles. The van der Waals surface area contributed by atoms with Gasteiger partial charge in [0.2, 0.25) is 17.7 Å². The van der Waals surface area contributed by atoms with E-state index in [2.05, 4.69) is 33.6 Å². The molecule has 0 saturated heterocycles. The number of fused-ring (bicyclic) bond motifs is 1. The number of nitrogens with one attached hydrogen (secondary N) is 4. The van der Waals surface area contributed by atoms with Crippen molar-refractivity contribution in [2.45, 2.75) is 57.3 Å². The normalized spacial score (nSPS) is 14.4. The number of aliphatic carboxylic acids is 2. The van der Waals surface area contributed by atoms with Crippen LogP contribution in [0.1, 0.15) is 32.3 Å². The molecule has 0 aliphatic rings. The second-order valence-corrected chi connectivity index (χ2v) is 9.47. The van der Waals surface area contributed by atoms with Gasteiger partial charge in [-0.1, -0.05) is 32.0 Å². The number of para-hydroxylation sites is 1. The zero-order valence-corrected chi connectivity index (χ0v) is 21.5. The number of rotatable bonds is 14. The second-order valence-electron chi connectivity index (χ2n) is 9.10.